The molecule has 1 amide bonds. The second kappa shape index (κ2) is 4.78. The van der Waals surface area contributed by atoms with Crippen molar-refractivity contribution >= 4 is 17.2 Å². The van der Waals surface area contributed by atoms with Crippen LogP contribution < -0.4 is 10.6 Å². The Morgan fingerprint density at radius 1 is 1.47 bits per heavy atom. The van der Waals surface area contributed by atoms with Crippen LogP contribution in [-0.4, -0.2) is 25.0 Å². The van der Waals surface area contributed by atoms with E-state index in [4.69, 9.17) is 0 Å². The van der Waals surface area contributed by atoms with Gasteiger partial charge in [-0.3, -0.25) is 4.79 Å². The van der Waals surface area contributed by atoms with Gasteiger partial charge in [0.15, 0.2) is 0 Å². The molecule has 0 bridgehead atoms. The summed E-state index contributed by atoms with van der Waals surface area (Å²) in [5.74, 6) is 0.337. The zero-order valence-corrected chi connectivity index (χ0v) is 10.7. The van der Waals surface area contributed by atoms with Crippen molar-refractivity contribution in [3.63, 3.8) is 0 Å². The molecule has 3 nitrogen and oxygen atoms in total. The van der Waals surface area contributed by atoms with Gasteiger partial charge in [-0.2, -0.15) is 0 Å². The Labute approximate surface area is 106 Å². The van der Waals surface area contributed by atoms with Crippen LogP contribution in [-0.2, 0) is 11.2 Å². The summed E-state index contributed by atoms with van der Waals surface area (Å²) in [6, 6.07) is 2.47. The van der Waals surface area contributed by atoms with E-state index in [-0.39, 0.29) is 11.8 Å². The van der Waals surface area contributed by atoms with E-state index in [2.05, 4.69) is 22.1 Å². The van der Waals surface area contributed by atoms with Crippen LogP contribution in [0, 0.1) is 0 Å². The fourth-order valence-electron chi connectivity index (χ4n) is 2.84. The Balaban J connectivity index is 1.70. The van der Waals surface area contributed by atoms with Gasteiger partial charge >= 0.3 is 0 Å². The predicted octanol–water partition coefficient (Wildman–Crippen LogP) is 1.65. The number of carbonyl (C=O) groups is 1. The minimum Gasteiger partial charge on any atom is -0.352 e. The molecular formula is C13H18N2OS. The molecule has 4 heteroatoms. The van der Waals surface area contributed by atoms with Gasteiger partial charge in [0.1, 0.15) is 0 Å². The van der Waals surface area contributed by atoms with E-state index in [9.17, 15) is 4.79 Å². The molecule has 3 rings (SSSR count). The molecule has 1 fully saturated rings. The van der Waals surface area contributed by atoms with Gasteiger partial charge in [-0.15, -0.1) is 11.3 Å². The zero-order valence-electron chi connectivity index (χ0n) is 9.87. The van der Waals surface area contributed by atoms with Gasteiger partial charge in [0.25, 0.3) is 0 Å². The summed E-state index contributed by atoms with van der Waals surface area (Å²) in [6.45, 7) is 1.95. The lowest BCUT2D eigenvalue weighted by Gasteiger charge is -2.23. The minimum absolute atomic E-state index is 0.102. The van der Waals surface area contributed by atoms with Gasteiger partial charge in [-0.1, -0.05) is 0 Å². The van der Waals surface area contributed by atoms with Crippen molar-refractivity contribution in [2.45, 2.75) is 37.6 Å². The van der Waals surface area contributed by atoms with Crippen LogP contribution in [0.25, 0.3) is 0 Å². The fraction of sp³-hybridized carbons (Fsp3) is 0.615. The van der Waals surface area contributed by atoms with E-state index in [0.717, 1.165) is 38.8 Å². The first-order valence-electron chi connectivity index (χ1n) is 6.42. The first-order valence-corrected chi connectivity index (χ1v) is 7.30. The predicted molar refractivity (Wildman–Crippen MR) is 69.4 cm³/mol. The molecule has 1 aromatic heterocycles. The van der Waals surface area contributed by atoms with Crippen molar-refractivity contribution < 1.29 is 4.79 Å². The van der Waals surface area contributed by atoms with Gasteiger partial charge in [-0.25, -0.2) is 0 Å². The molecule has 1 aromatic rings. The summed E-state index contributed by atoms with van der Waals surface area (Å²) in [4.78, 5) is 13.7. The van der Waals surface area contributed by atoms with Gasteiger partial charge < -0.3 is 10.6 Å². The zero-order chi connectivity index (χ0) is 11.7. The number of aryl methyl sites for hydroxylation is 1. The molecule has 17 heavy (non-hydrogen) atoms. The van der Waals surface area contributed by atoms with E-state index in [1.165, 1.54) is 10.4 Å². The molecule has 92 valence electrons. The highest BCUT2D eigenvalue weighted by Gasteiger charge is 2.29. The molecule has 0 aromatic carbocycles. The van der Waals surface area contributed by atoms with Crippen LogP contribution in [0.2, 0.25) is 0 Å². The lowest BCUT2D eigenvalue weighted by atomic mass is 9.87. The third kappa shape index (κ3) is 2.24. The van der Waals surface area contributed by atoms with Crippen molar-refractivity contribution in [3.05, 3.63) is 21.9 Å². The highest BCUT2D eigenvalue weighted by Crippen LogP contribution is 2.35. The summed E-state index contributed by atoms with van der Waals surface area (Å²) < 4.78 is 0. The van der Waals surface area contributed by atoms with Crippen molar-refractivity contribution in [1.29, 1.82) is 0 Å². The van der Waals surface area contributed by atoms with Gasteiger partial charge in [-0.05, 0) is 49.2 Å². The topological polar surface area (TPSA) is 41.1 Å². The Kier molecular flexibility index (Phi) is 3.16. The lowest BCUT2D eigenvalue weighted by molar-refractivity contribution is -0.123. The summed E-state index contributed by atoms with van der Waals surface area (Å²) in [7, 11) is 0. The molecule has 2 aliphatic rings. The summed E-state index contributed by atoms with van der Waals surface area (Å²) in [6.07, 6.45) is 4.38. The van der Waals surface area contributed by atoms with E-state index in [1.54, 1.807) is 11.3 Å². The average Bonchev–Trinajstić information content (AvgIpc) is 2.97. The van der Waals surface area contributed by atoms with Crippen LogP contribution in [0.5, 0.6) is 0 Å². The van der Waals surface area contributed by atoms with Gasteiger partial charge in [0.2, 0.25) is 5.91 Å². The number of hydrogen-bond donors (Lipinski definition) is 2. The molecule has 2 heterocycles. The highest BCUT2D eigenvalue weighted by atomic mass is 32.1. The number of amides is 1. The van der Waals surface area contributed by atoms with Crippen LogP contribution in [0.4, 0.5) is 0 Å². The Bertz CT molecular complexity index is 409. The average molecular weight is 250 g/mol. The van der Waals surface area contributed by atoms with E-state index in [1.807, 2.05) is 0 Å². The molecule has 0 spiro atoms. The Hall–Kier alpha value is -0.870. The minimum atomic E-state index is 0.102. The second-order valence-electron chi connectivity index (χ2n) is 4.94. The van der Waals surface area contributed by atoms with E-state index in [0.29, 0.717) is 6.04 Å². The molecule has 0 radical (unpaired) electrons. The van der Waals surface area contributed by atoms with Crippen molar-refractivity contribution in [2.24, 2.45) is 0 Å². The SMILES string of the molecule is O=C(N[C@H]1CCNC1)C1CCCc2sccc21. The van der Waals surface area contributed by atoms with E-state index >= 15 is 0 Å². The third-order valence-electron chi connectivity index (χ3n) is 3.78. The standard InChI is InChI=1S/C13H18N2OS/c16-13(15-9-4-6-14-8-9)11-2-1-3-12-10(11)5-7-17-12/h5,7,9,11,14H,1-4,6,8H2,(H,15,16)/t9-,11?/m0/s1. The van der Waals surface area contributed by atoms with Gasteiger partial charge in [0, 0.05) is 17.5 Å². The van der Waals surface area contributed by atoms with Crippen LogP contribution >= 0.6 is 11.3 Å². The van der Waals surface area contributed by atoms with Crippen LogP contribution in [0.15, 0.2) is 11.4 Å². The smallest absolute Gasteiger partial charge is 0.227 e. The number of thiophene rings is 1. The summed E-state index contributed by atoms with van der Waals surface area (Å²) >= 11 is 1.80. The van der Waals surface area contributed by atoms with Gasteiger partial charge in [0.05, 0.1) is 5.92 Å². The van der Waals surface area contributed by atoms with Crippen molar-refractivity contribution in [3.8, 4) is 0 Å². The maximum atomic E-state index is 12.3. The normalized spacial score (nSPS) is 27.8. The maximum absolute atomic E-state index is 12.3. The molecule has 1 aliphatic carbocycles. The maximum Gasteiger partial charge on any atom is 0.227 e. The second-order valence-corrected chi connectivity index (χ2v) is 5.94. The first-order chi connectivity index (χ1) is 8.34. The fourth-order valence-corrected chi connectivity index (χ4v) is 3.83. The number of carbonyl (C=O) groups excluding carboxylic acids is 1. The summed E-state index contributed by atoms with van der Waals surface area (Å²) in [5.41, 5.74) is 1.28. The third-order valence-corrected chi connectivity index (χ3v) is 4.77. The number of nitrogens with one attached hydrogen (secondary N) is 2. The number of hydrogen-bond acceptors (Lipinski definition) is 3. The van der Waals surface area contributed by atoms with Crippen LogP contribution in [0.1, 0.15) is 35.6 Å². The molecule has 2 N–H and O–H groups in total. The van der Waals surface area contributed by atoms with E-state index < -0.39 is 0 Å². The number of rotatable bonds is 2. The molecule has 1 unspecified atom stereocenters. The molecule has 1 aliphatic heterocycles. The molecule has 2 atom stereocenters. The lowest BCUT2D eigenvalue weighted by Crippen LogP contribution is -2.39. The Morgan fingerprint density at radius 2 is 2.41 bits per heavy atom. The molecular weight excluding hydrogens is 232 g/mol. The van der Waals surface area contributed by atoms with Crippen molar-refractivity contribution in [1.82, 2.24) is 10.6 Å². The molecule has 0 saturated carbocycles. The number of fused-ring (bicyclic) bond motifs is 1. The Morgan fingerprint density at radius 3 is 3.24 bits per heavy atom. The first kappa shape index (κ1) is 11.2. The van der Waals surface area contributed by atoms with Crippen molar-refractivity contribution in [2.75, 3.05) is 13.1 Å². The largest absolute Gasteiger partial charge is 0.352 e. The highest BCUT2D eigenvalue weighted by molar-refractivity contribution is 7.10. The monoisotopic (exact) mass is 250 g/mol. The molecule has 1 saturated heterocycles. The quantitative estimate of drug-likeness (QED) is 0.838. The summed E-state index contributed by atoms with van der Waals surface area (Å²) in [5, 5.41) is 8.58. The van der Waals surface area contributed by atoms with Crippen LogP contribution in [0.3, 0.4) is 0 Å².